The molecule has 2 aromatic heterocycles. The van der Waals surface area contributed by atoms with E-state index in [9.17, 15) is 13.2 Å². The van der Waals surface area contributed by atoms with Crippen molar-refractivity contribution in [2.75, 3.05) is 24.9 Å². The molecule has 0 saturated carbocycles. The average Bonchev–Trinajstić information content (AvgIpc) is 3.24. The molecule has 2 heterocycles. The molecule has 0 fully saturated rings. The summed E-state index contributed by atoms with van der Waals surface area (Å²) in [6.45, 7) is 0. The number of carboxylic acid groups (broad SMARTS) is 1. The summed E-state index contributed by atoms with van der Waals surface area (Å²) in [6, 6.07) is 19.3. The van der Waals surface area contributed by atoms with Crippen LogP contribution in [0.25, 0.3) is 11.3 Å². The van der Waals surface area contributed by atoms with Gasteiger partial charge >= 0.3 is 12.1 Å². The number of alkyl halides is 3. The molecule has 0 aliphatic heterocycles. The number of aryl methyl sites for hydroxylation is 1. The second kappa shape index (κ2) is 11.7. The van der Waals surface area contributed by atoms with Gasteiger partial charge in [-0.3, -0.25) is 4.68 Å². The van der Waals surface area contributed by atoms with Crippen molar-refractivity contribution >= 4 is 29.2 Å². The summed E-state index contributed by atoms with van der Waals surface area (Å²) in [5, 5.41) is 18.2. The largest absolute Gasteiger partial charge is 0.493 e. The Kier molecular flexibility index (Phi) is 8.51. The number of anilines is 4. The van der Waals surface area contributed by atoms with E-state index >= 15 is 0 Å². The van der Waals surface area contributed by atoms with E-state index in [-0.39, 0.29) is 0 Å². The zero-order chi connectivity index (χ0) is 27.0. The Balaban J connectivity index is 0.000000479. The Labute approximate surface area is 209 Å². The van der Waals surface area contributed by atoms with Gasteiger partial charge in [0.25, 0.3) is 0 Å². The molecule has 4 rings (SSSR count). The number of methoxy groups -OCH3 is 2. The molecule has 0 spiro atoms. The van der Waals surface area contributed by atoms with Crippen molar-refractivity contribution in [3.05, 3.63) is 66.9 Å². The molecule has 194 valence electrons. The summed E-state index contributed by atoms with van der Waals surface area (Å²) in [6.07, 6.45) is -3.40. The molecule has 0 radical (unpaired) electrons. The van der Waals surface area contributed by atoms with Crippen LogP contribution in [0.5, 0.6) is 11.5 Å². The number of nitrogens with zero attached hydrogens (tertiary/aromatic N) is 4. The lowest BCUT2D eigenvalue weighted by molar-refractivity contribution is -0.192. The highest BCUT2D eigenvalue weighted by Gasteiger charge is 2.38. The number of rotatable bonds is 7. The summed E-state index contributed by atoms with van der Waals surface area (Å²) < 4.78 is 44.1. The zero-order valence-electron chi connectivity index (χ0n) is 19.9. The molecule has 3 N–H and O–H groups in total. The Morgan fingerprint density at radius 2 is 1.65 bits per heavy atom. The summed E-state index contributed by atoms with van der Waals surface area (Å²) >= 11 is 0. The molecule has 0 atom stereocenters. The highest BCUT2D eigenvalue weighted by Crippen LogP contribution is 2.31. The maximum atomic E-state index is 10.6. The fraction of sp³-hybridized carbons (Fsp3) is 0.167. The third-order valence-corrected chi connectivity index (χ3v) is 4.74. The van der Waals surface area contributed by atoms with Gasteiger partial charge in [0.1, 0.15) is 11.6 Å². The fourth-order valence-corrected chi connectivity index (χ4v) is 3.00. The topological polar surface area (TPSA) is 123 Å². The van der Waals surface area contributed by atoms with Crippen LogP contribution in [0.15, 0.2) is 66.9 Å². The van der Waals surface area contributed by atoms with Crippen LogP contribution in [-0.4, -0.2) is 51.2 Å². The third-order valence-electron chi connectivity index (χ3n) is 4.74. The zero-order valence-corrected chi connectivity index (χ0v) is 19.9. The molecule has 0 aliphatic carbocycles. The minimum atomic E-state index is -5.08. The average molecular weight is 516 g/mol. The van der Waals surface area contributed by atoms with Crippen LogP contribution in [0, 0.1) is 0 Å². The maximum absolute atomic E-state index is 10.6. The van der Waals surface area contributed by atoms with Gasteiger partial charge in [0.2, 0.25) is 5.95 Å². The Morgan fingerprint density at radius 3 is 2.27 bits per heavy atom. The van der Waals surface area contributed by atoms with Crippen molar-refractivity contribution in [1.29, 1.82) is 0 Å². The number of hydrogen-bond donors (Lipinski definition) is 3. The van der Waals surface area contributed by atoms with Crippen molar-refractivity contribution in [3.8, 4) is 22.8 Å². The molecule has 4 aromatic rings. The molecule has 0 saturated heterocycles. The highest BCUT2D eigenvalue weighted by atomic mass is 19.4. The van der Waals surface area contributed by atoms with Gasteiger partial charge in [0.05, 0.1) is 19.9 Å². The van der Waals surface area contributed by atoms with Crippen LogP contribution >= 0.6 is 0 Å². The molecule has 0 bridgehead atoms. The summed E-state index contributed by atoms with van der Waals surface area (Å²) in [7, 11) is 5.09. The minimum absolute atomic E-state index is 0.456. The van der Waals surface area contributed by atoms with E-state index in [1.807, 2.05) is 61.6 Å². The van der Waals surface area contributed by atoms with E-state index in [0.717, 1.165) is 22.8 Å². The fourth-order valence-electron chi connectivity index (χ4n) is 3.00. The molecule has 0 amide bonds. The predicted octanol–water partition coefficient (Wildman–Crippen LogP) is 5.01. The minimum Gasteiger partial charge on any atom is -0.493 e. The van der Waals surface area contributed by atoms with Gasteiger partial charge < -0.3 is 25.2 Å². The van der Waals surface area contributed by atoms with E-state index in [4.69, 9.17) is 19.4 Å². The lowest BCUT2D eigenvalue weighted by Gasteiger charge is -2.11. The van der Waals surface area contributed by atoms with Crippen LogP contribution in [0.4, 0.5) is 36.4 Å². The van der Waals surface area contributed by atoms with Crippen molar-refractivity contribution in [2.45, 2.75) is 6.18 Å². The quantitative estimate of drug-likeness (QED) is 0.311. The van der Waals surface area contributed by atoms with Crippen LogP contribution in [0.3, 0.4) is 0 Å². The number of ether oxygens (including phenoxy) is 2. The Morgan fingerprint density at radius 1 is 0.973 bits per heavy atom. The monoisotopic (exact) mass is 516 g/mol. The second-order valence-corrected chi connectivity index (χ2v) is 7.29. The first-order valence-corrected chi connectivity index (χ1v) is 10.6. The summed E-state index contributed by atoms with van der Waals surface area (Å²) in [5.41, 5.74) is 2.73. The predicted molar refractivity (Wildman–Crippen MR) is 130 cm³/mol. The van der Waals surface area contributed by atoms with Crippen LogP contribution in [-0.2, 0) is 11.8 Å². The molecule has 13 heteroatoms. The normalized spacial score (nSPS) is 10.6. The number of halogens is 3. The summed E-state index contributed by atoms with van der Waals surface area (Å²) in [4.78, 5) is 17.7. The summed E-state index contributed by atoms with van der Waals surface area (Å²) in [5.74, 6) is 0.454. The SMILES string of the molecule is COc1ccc(Nc2nccc(Nc3cc(-c4ccccc4)nn3C)n2)cc1OC.O=C(O)C(F)(F)F. The molecular weight excluding hydrogens is 493 g/mol. The van der Waals surface area contributed by atoms with E-state index in [2.05, 4.69) is 25.7 Å². The first kappa shape index (κ1) is 26.8. The van der Waals surface area contributed by atoms with Crippen LogP contribution in [0.2, 0.25) is 0 Å². The van der Waals surface area contributed by atoms with Crippen molar-refractivity contribution < 1.29 is 32.5 Å². The number of aromatic nitrogens is 4. The molecule has 37 heavy (non-hydrogen) atoms. The number of benzene rings is 2. The van der Waals surface area contributed by atoms with E-state index < -0.39 is 12.1 Å². The second-order valence-electron chi connectivity index (χ2n) is 7.29. The van der Waals surface area contributed by atoms with Gasteiger partial charge in [-0.15, -0.1) is 0 Å². The van der Waals surface area contributed by atoms with E-state index in [1.165, 1.54) is 0 Å². The Bertz CT molecular complexity index is 1350. The van der Waals surface area contributed by atoms with Gasteiger partial charge in [0.15, 0.2) is 11.5 Å². The first-order chi connectivity index (χ1) is 17.6. The molecule has 2 aromatic carbocycles. The van der Waals surface area contributed by atoms with Crippen LogP contribution in [0.1, 0.15) is 0 Å². The molecule has 0 aliphatic rings. The van der Waals surface area contributed by atoms with E-state index in [1.54, 1.807) is 31.2 Å². The molecule has 0 unspecified atom stereocenters. The first-order valence-electron chi connectivity index (χ1n) is 10.6. The Hall–Kier alpha value is -4.81. The number of aliphatic carboxylic acids is 1. The van der Waals surface area contributed by atoms with Gasteiger partial charge in [-0.25, -0.2) is 9.78 Å². The number of carboxylic acids is 1. The van der Waals surface area contributed by atoms with Gasteiger partial charge in [-0.2, -0.15) is 23.3 Å². The molecular formula is C24H23F3N6O4. The number of hydrogen-bond acceptors (Lipinski definition) is 8. The highest BCUT2D eigenvalue weighted by molar-refractivity contribution is 5.73. The molecule has 10 nitrogen and oxygen atoms in total. The lowest BCUT2D eigenvalue weighted by Crippen LogP contribution is -2.21. The smallest absolute Gasteiger partial charge is 0.490 e. The maximum Gasteiger partial charge on any atom is 0.490 e. The lowest BCUT2D eigenvalue weighted by atomic mass is 10.2. The standard InChI is InChI=1S/C22H22N6O2.C2HF3O2/c1-28-21(14-17(27-28)15-7-5-4-6-8-15)25-20-11-12-23-22(26-20)24-16-9-10-18(29-2)19(13-16)30-3;3-2(4,5)1(6)7/h4-14H,1-3H3,(H2,23,24,25,26);(H,6,7). The van der Waals surface area contributed by atoms with Gasteiger partial charge in [-0.1, -0.05) is 30.3 Å². The van der Waals surface area contributed by atoms with Crippen LogP contribution < -0.4 is 20.1 Å². The van der Waals surface area contributed by atoms with Gasteiger partial charge in [-0.05, 0) is 18.2 Å². The van der Waals surface area contributed by atoms with Crippen molar-refractivity contribution in [2.24, 2.45) is 7.05 Å². The number of carbonyl (C=O) groups is 1. The van der Waals surface area contributed by atoms with Crippen molar-refractivity contribution in [1.82, 2.24) is 19.7 Å². The van der Waals surface area contributed by atoms with Gasteiger partial charge in [0, 0.05) is 36.6 Å². The van der Waals surface area contributed by atoms with E-state index in [0.29, 0.717) is 23.3 Å². The number of nitrogens with one attached hydrogen (secondary N) is 2. The van der Waals surface area contributed by atoms with Crippen molar-refractivity contribution in [3.63, 3.8) is 0 Å². The third kappa shape index (κ3) is 7.34.